The standard InChI is InChI=1S/C26H29N5O3S/c1-16-11-13-18(14-12-16)22(25(33)29-19-9-5-6-10-19)31(15-17-7-3-2-4-8-17)26(34)23-20(27)21(24(28)32)30-35-23/h2-4,7-8,11-14,19,22H,5-6,9-10,15,27H2,1H3,(H2,28,32)(H,29,33). The highest BCUT2D eigenvalue weighted by Crippen LogP contribution is 2.31. The van der Waals surface area contributed by atoms with Crippen LogP contribution < -0.4 is 16.8 Å². The molecule has 3 amide bonds. The average Bonchev–Trinajstić information content (AvgIpc) is 3.49. The molecule has 1 heterocycles. The fourth-order valence-corrected chi connectivity index (χ4v) is 5.15. The van der Waals surface area contributed by atoms with Gasteiger partial charge in [0.2, 0.25) is 5.91 Å². The van der Waals surface area contributed by atoms with Crippen LogP contribution in [0.5, 0.6) is 0 Å². The van der Waals surface area contributed by atoms with E-state index in [4.69, 9.17) is 11.5 Å². The molecule has 1 unspecified atom stereocenters. The zero-order valence-electron chi connectivity index (χ0n) is 19.6. The third-order valence-electron chi connectivity index (χ3n) is 6.27. The number of carbonyl (C=O) groups excluding carboxylic acids is 3. The van der Waals surface area contributed by atoms with Crippen LogP contribution in [0.15, 0.2) is 54.6 Å². The minimum absolute atomic E-state index is 0.0654. The number of anilines is 1. The summed E-state index contributed by atoms with van der Waals surface area (Å²) in [5, 5.41) is 3.15. The molecule has 9 heteroatoms. The van der Waals surface area contributed by atoms with Gasteiger partial charge in [0.15, 0.2) is 5.69 Å². The summed E-state index contributed by atoms with van der Waals surface area (Å²) >= 11 is 0.812. The first-order chi connectivity index (χ1) is 16.8. The molecule has 1 atom stereocenters. The number of nitrogens with one attached hydrogen (secondary N) is 1. The molecule has 4 rings (SSSR count). The molecule has 0 spiro atoms. The second-order valence-corrected chi connectivity index (χ2v) is 9.63. The lowest BCUT2D eigenvalue weighted by atomic mass is 10.0. The van der Waals surface area contributed by atoms with Gasteiger partial charge in [-0.1, -0.05) is 73.0 Å². The van der Waals surface area contributed by atoms with Crippen LogP contribution in [-0.4, -0.2) is 33.0 Å². The summed E-state index contributed by atoms with van der Waals surface area (Å²) in [6, 6.07) is 16.2. The van der Waals surface area contributed by atoms with Crippen LogP contribution in [0.4, 0.5) is 5.69 Å². The van der Waals surface area contributed by atoms with Gasteiger partial charge in [0, 0.05) is 12.6 Å². The van der Waals surface area contributed by atoms with Gasteiger partial charge in [-0.05, 0) is 42.4 Å². The lowest BCUT2D eigenvalue weighted by molar-refractivity contribution is -0.126. The molecule has 0 saturated heterocycles. The van der Waals surface area contributed by atoms with Crippen molar-refractivity contribution in [2.24, 2.45) is 5.73 Å². The van der Waals surface area contributed by atoms with Gasteiger partial charge in [0.25, 0.3) is 11.8 Å². The summed E-state index contributed by atoms with van der Waals surface area (Å²) < 4.78 is 3.99. The van der Waals surface area contributed by atoms with Crippen molar-refractivity contribution in [3.05, 3.63) is 81.9 Å². The Kier molecular flexibility index (Phi) is 7.45. The van der Waals surface area contributed by atoms with Crippen LogP contribution in [0.2, 0.25) is 0 Å². The highest BCUT2D eigenvalue weighted by atomic mass is 32.1. The van der Waals surface area contributed by atoms with E-state index in [1.165, 1.54) is 4.90 Å². The predicted molar refractivity (Wildman–Crippen MR) is 136 cm³/mol. The van der Waals surface area contributed by atoms with Crippen LogP contribution in [0.25, 0.3) is 0 Å². The fraction of sp³-hybridized carbons (Fsp3) is 0.308. The van der Waals surface area contributed by atoms with Gasteiger partial charge in [-0.15, -0.1) is 0 Å². The van der Waals surface area contributed by atoms with Gasteiger partial charge in [-0.3, -0.25) is 14.4 Å². The number of nitrogens with two attached hydrogens (primary N) is 2. The smallest absolute Gasteiger partial charge is 0.270 e. The molecule has 35 heavy (non-hydrogen) atoms. The van der Waals surface area contributed by atoms with Crippen molar-refractivity contribution in [1.29, 1.82) is 0 Å². The van der Waals surface area contributed by atoms with E-state index >= 15 is 0 Å². The maximum Gasteiger partial charge on any atom is 0.270 e. The number of amides is 3. The monoisotopic (exact) mass is 491 g/mol. The molecule has 1 fully saturated rings. The molecule has 182 valence electrons. The largest absolute Gasteiger partial charge is 0.395 e. The van der Waals surface area contributed by atoms with E-state index in [0.29, 0.717) is 5.56 Å². The number of primary amides is 1. The topological polar surface area (TPSA) is 131 Å². The Hall–Kier alpha value is -3.72. The van der Waals surface area contributed by atoms with Gasteiger partial charge in [0.05, 0.1) is 5.69 Å². The van der Waals surface area contributed by atoms with E-state index in [0.717, 1.165) is 48.3 Å². The van der Waals surface area contributed by atoms with Gasteiger partial charge in [0.1, 0.15) is 10.9 Å². The molecule has 1 aliphatic rings. The molecule has 0 aliphatic heterocycles. The summed E-state index contributed by atoms with van der Waals surface area (Å²) in [6.45, 7) is 2.13. The highest BCUT2D eigenvalue weighted by Gasteiger charge is 2.36. The molecule has 8 nitrogen and oxygen atoms in total. The normalized spacial score (nSPS) is 14.4. The zero-order valence-corrected chi connectivity index (χ0v) is 20.4. The average molecular weight is 492 g/mol. The van der Waals surface area contributed by atoms with Crippen LogP contribution >= 0.6 is 11.5 Å². The molecule has 1 aliphatic carbocycles. The molecule has 3 aromatic rings. The molecule has 2 aromatic carbocycles. The molecule has 0 bridgehead atoms. The SMILES string of the molecule is Cc1ccc(C(C(=O)NC2CCCC2)N(Cc2ccccc2)C(=O)c2snc(C(N)=O)c2N)cc1. The Morgan fingerprint density at radius 1 is 1.09 bits per heavy atom. The number of benzene rings is 2. The van der Waals surface area contributed by atoms with E-state index < -0.39 is 17.9 Å². The van der Waals surface area contributed by atoms with Crippen molar-refractivity contribution < 1.29 is 14.4 Å². The number of rotatable bonds is 8. The van der Waals surface area contributed by atoms with Crippen LogP contribution in [0, 0.1) is 6.92 Å². The molecular weight excluding hydrogens is 462 g/mol. The summed E-state index contributed by atoms with van der Waals surface area (Å²) in [7, 11) is 0. The number of hydrogen-bond acceptors (Lipinski definition) is 6. The maximum absolute atomic E-state index is 13.9. The van der Waals surface area contributed by atoms with Crippen molar-refractivity contribution in [2.45, 2.75) is 51.2 Å². The van der Waals surface area contributed by atoms with E-state index in [9.17, 15) is 14.4 Å². The van der Waals surface area contributed by atoms with Crippen LogP contribution in [0.3, 0.4) is 0 Å². The summed E-state index contributed by atoms with van der Waals surface area (Å²) in [5.41, 5.74) is 13.9. The second-order valence-electron chi connectivity index (χ2n) is 8.86. The Morgan fingerprint density at radius 2 is 1.74 bits per heavy atom. The quantitative estimate of drug-likeness (QED) is 0.443. The number of hydrogen-bond donors (Lipinski definition) is 3. The first-order valence-electron chi connectivity index (χ1n) is 11.6. The van der Waals surface area contributed by atoms with Crippen molar-refractivity contribution in [1.82, 2.24) is 14.6 Å². The lowest BCUT2D eigenvalue weighted by Crippen LogP contribution is -2.45. The molecule has 1 saturated carbocycles. The third kappa shape index (κ3) is 5.51. The predicted octanol–water partition coefficient (Wildman–Crippen LogP) is 3.58. The molecule has 1 aromatic heterocycles. The Balaban J connectivity index is 1.78. The van der Waals surface area contributed by atoms with Crippen molar-refractivity contribution in [3.8, 4) is 0 Å². The highest BCUT2D eigenvalue weighted by molar-refractivity contribution is 7.09. The summed E-state index contributed by atoms with van der Waals surface area (Å²) in [4.78, 5) is 40.9. The van der Waals surface area contributed by atoms with E-state index in [2.05, 4.69) is 9.69 Å². The van der Waals surface area contributed by atoms with Crippen LogP contribution in [-0.2, 0) is 11.3 Å². The number of nitrogen functional groups attached to an aromatic ring is 1. The minimum atomic E-state index is -0.901. The lowest BCUT2D eigenvalue weighted by Gasteiger charge is -2.32. The number of nitrogens with zero attached hydrogens (tertiary/aromatic N) is 2. The van der Waals surface area contributed by atoms with Gasteiger partial charge < -0.3 is 21.7 Å². The Morgan fingerprint density at radius 3 is 2.34 bits per heavy atom. The van der Waals surface area contributed by atoms with E-state index in [1.54, 1.807) is 0 Å². The Labute approximate surface area is 208 Å². The molecular formula is C26H29N5O3S. The zero-order chi connectivity index (χ0) is 24.9. The minimum Gasteiger partial charge on any atom is -0.395 e. The van der Waals surface area contributed by atoms with Crippen LogP contribution in [0.1, 0.15) is 68.6 Å². The van der Waals surface area contributed by atoms with Crippen molar-refractivity contribution in [3.63, 3.8) is 0 Å². The van der Waals surface area contributed by atoms with E-state index in [-0.39, 0.29) is 34.8 Å². The molecule has 5 N–H and O–H groups in total. The number of aryl methyl sites for hydroxylation is 1. The third-order valence-corrected chi connectivity index (χ3v) is 7.12. The summed E-state index contributed by atoms with van der Waals surface area (Å²) in [5.74, 6) is -1.53. The molecule has 0 radical (unpaired) electrons. The summed E-state index contributed by atoms with van der Waals surface area (Å²) in [6.07, 6.45) is 3.98. The number of aromatic nitrogens is 1. The maximum atomic E-state index is 13.9. The van der Waals surface area contributed by atoms with Crippen molar-refractivity contribution >= 4 is 34.9 Å². The van der Waals surface area contributed by atoms with Gasteiger partial charge in [-0.25, -0.2) is 0 Å². The van der Waals surface area contributed by atoms with E-state index in [1.807, 2.05) is 61.5 Å². The van der Waals surface area contributed by atoms with Gasteiger partial charge in [-0.2, -0.15) is 4.37 Å². The van der Waals surface area contributed by atoms with Crippen molar-refractivity contribution in [2.75, 3.05) is 5.73 Å². The second kappa shape index (κ2) is 10.7. The number of carbonyl (C=O) groups is 3. The Bertz CT molecular complexity index is 1200. The van der Waals surface area contributed by atoms with Gasteiger partial charge >= 0.3 is 0 Å². The first kappa shape index (κ1) is 24.4. The fourth-order valence-electron chi connectivity index (χ4n) is 4.39. The first-order valence-corrected chi connectivity index (χ1v) is 12.4.